The Bertz CT molecular complexity index is 480. The van der Waals surface area contributed by atoms with Crippen LogP contribution in [0.2, 0.25) is 0 Å². The Hall–Kier alpha value is -1.59. The first-order valence-electron chi connectivity index (χ1n) is 6.53. The van der Waals surface area contributed by atoms with Gasteiger partial charge < -0.3 is 19.8 Å². The Balaban J connectivity index is 1.82. The van der Waals surface area contributed by atoms with E-state index in [9.17, 15) is 15.0 Å². The Morgan fingerprint density at radius 1 is 1.21 bits per heavy atom. The molecule has 0 aromatic heterocycles. The molecule has 3 rings (SSSR count). The SMILES string of the molecule is O=C(C1CCOc2ccccc21)N1CC(O)C(O)C1. The molecule has 2 aliphatic heterocycles. The minimum atomic E-state index is -0.834. The number of amides is 1. The van der Waals surface area contributed by atoms with Gasteiger partial charge in [-0.15, -0.1) is 0 Å². The van der Waals surface area contributed by atoms with E-state index in [-0.39, 0.29) is 24.9 Å². The molecule has 3 unspecified atom stereocenters. The summed E-state index contributed by atoms with van der Waals surface area (Å²) in [5.41, 5.74) is 0.898. The van der Waals surface area contributed by atoms with Gasteiger partial charge in [0.25, 0.3) is 0 Å². The van der Waals surface area contributed by atoms with Crippen LogP contribution in [0.5, 0.6) is 5.75 Å². The number of carbonyl (C=O) groups excluding carboxylic acids is 1. The van der Waals surface area contributed by atoms with E-state index in [2.05, 4.69) is 0 Å². The summed E-state index contributed by atoms with van der Waals surface area (Å²) in [4.78, 5) is 14.0. The summed E-state index contributed by atoms with van der Waals surface area (Å²) in [5.74, 6) is 0.487. The van der Waals surface area contributed by atoms with Crippen LogP contribution in [-0.4, -0.2) is 52.9 Å². The first kappa shape index (κ1) is 12.4. The molecule has 102 valence electrons. The Labute approximate surface area is 111 Å². The predicted molar refractivity (Wildman–Crippen MR) is 67.9 cm³/mol. The Kier molecular flexibility index (Phi) is 3.16. The molecule has 0 aliphatic carbocycles. The maximum absolute atomic E-state index is 12.5. The molecule has 2 N–H and O–H groups in total. The maximum atomic E-state index is 12.5. The van der Waals surface area contributed by atoms with E-state index in [1.54, 1.807) is 4.90 Å². The van der Waals surface area contributed by atoms with Crippen LogP contribution in [0, 0.1) is 0 Å². The van der Waals surface area contributed by atoms with E-state index in [1.165, 1.54) is 0 Å². The van der Waals surface area contributed by atoms with E-state index in [0.717, 1.165) is 11.3 Å². The second kappa shape index (κ2) is 4.83. The third-order valence-corrected chi connectivity index (χ3v) is 3.83. The summed E-state index contributed by atoms with van der Waals surface area (Å²) in [7, 11) is 0. The highest BCUT2D eigenvalue weighted by atomic mass is 16.5. The topological polar surface area (TPSA) is 70.0 Å². The Morgan fingerprint density at radius 3 is 2.63 bits per heavy atom. The second-order valence-electron chi connectivity index (χ2n) is 5.11. The average Bonchev–Trinajstić information content (AvgIpc) is 2.77. The van der Waals surface area contributed by atoms with Crippen LogP contribution >= 0.6 is 0 Å². The summed E-state index contributed by atoms with van der Waals surface area (Å²) in [5, 5.41) is 19.1. The van der Waals surface area contributed by atoms with Gasteiger partial charge in [0.1, 0.15) is 5.75 Å². The number of benzene rings is 1. The molecule has 1 fully saturated rings. The van der Waals surface area contributed by atoms with Crippen molar-refractivity contribution in [3.63, 3.8) is 0 Å². The number of hydrogen-bond donors (Lipinski definition) is 2. The summed E-state index contributed by atoms with van der Waals surface area (Å²) in [6.07, 6.45) is -1.03. The highest BCUT2D eigenvalue weighted by molar-refractivity contribution is 5.85. The van der Waals surface area contributed by atoms with Crippen molar-refractivity contribution in [2.45, 2.75) is 24.5 Å². The number of aliphatic hydroxyl groups excluding tert-OH is 2. The van der Waals surface area contributed by atoms with Crippen molar-refractivity contribution in [2.75, 3.05) is 19.7 Å². The second-order valence-corrected chi connectivity index (χ2v) is 5.11. The number of fused-ring (bicyclic) bond motifs is 1. The number of ether oxygens (including phenoxy) is 1. The molecule has 1 aromatic rings. The number of hydrogen-bond acceptors (Lipinski definition) is 4. The number of para-hydroxylation sites is 1. The van der Waals surface area contributed by atoms with Crippen LogP contribution in [0.4, 0.5) is 0 Å². The molecule has 0 spiro atoms. The lowest BCUT2D eigenvalue weighted by atomic mass is 9.92. The molecule has 5 heteroatoms. The number of aliphatic hydroxyl groups is 2. The van der Waals surface area contributed by atoms with E-state index < -0.39 is 12.2 Å². The highest BCUT2D eigenvalue weighted by Crippen LogP contribution is 2.35. The average molecular weight is 263 g/mol. The van der Waals surface area contributed by atoms with Crippen molar-refractivity contribution >= 4 is 5.91 Å². The standard InChI is InChI=1S/C14H17NO4/c16-11-7-15(8-12(11)17)14(18)10-5-6-19-13-4-2-1-3-9(10)13/h1-4,10-12,16-17H,5-8H2. The van der Waals surface area contributed by atoms with Gasteiger partial charge in [-0.2, -0.15) is 0 Å². The molecule has 19 heavy (non-hydrogen) atoms. The van der Waals surface area contributed by atoms with Crippen molar-refractivity contribution in [3.8, 4) is 5.75 Å². The van der Waals surface area contributed by atoms with Gasteiger partial charge >= 0.3 is 0 Å². The minimum Gasteiger partial charge on any atom is -0.493 e. The molecule has 5 nitrogen and oxygen atoms in total. The van der Waals surface area contributed by atoms with Gasteiger partial charge in [0.15, 0.2) is 0 Å². The smallest absolute Gasteiger partial charge is 0.230 e. The van der Waals surface area contributed by atoms with Gasteiger partial charge in [0.2, 0.25) is 5.91 Å². The van der Waals surface area contributed by atoms with Crippen LogP contribution in [0.25, 0.3) is 0 Å². The zero-order valence-electron chi connectivity index (χ0n) is 10.5. The summed E-state index contributed by atoms with van der Waals surface area (Å²) in [6.45, 7) is 0.936. The van der Waals surface area contributed by atoms with Gasteiger partial charge in [-0.3, -0.25) is 4.79 Å². The molecule has 0 radical (unpaired) electrons. The van der Waals surface area contributed by atoms with Gasteiger partial charge in [-0.1, -0.05) is 18.2 Å². The van der Waals surface area contributed by atoms with Gasteiger partial charge in [0, 0.05) is 18.7 Å². The lowest BCUT2D eigenvalue weighted by molar-refractivity contribution is -0.133. The highest BCUT2D eigenvalue weighted by Gasteiger charge is 2.37. The lowest BCUT2D eigenvalue weighted by Crippen LogP contribution is -2.36. The van der Waals surface area contributed by atoms with Crippen molar-refractivity contribution in [1.82, 2.24) is 4.90 Å². The monoisotopic (exact) mass is 263 g/mol. The normalized spacial score (nSPS) is 29.8. The quantitative estimate of drug-likeness (QED) is 0.755. The molecule has 1 saturated heterocycles. The molecule has 0 saturated carbocycles. The van der Waals surface area contributed by atoms with E-state index in [4.69, 9.17) is 4.74 Å². The third-order valence-electron chi connectivity index (χ3n) is 3.83. The van der Waals surface area contributed by atoms with Gasteiger partial charge in [-0.25, -0.2) is 0 Å². The van der Waals surface area contributed by atoms with Gasteiger partial charge in [-0.05, 0) is 12.5 Å². The van der Waals surface area contributed by atoms with Gasteiger partial charge in [0.05, 0.1) is 24.7 Å². The van der Waals surface area contributed by atoms with E-state index in [1.807, 2.05) is 24.3 Å². The van der Waals surface area contributed by atoms with Crippen molar-refractivity contribution < 1.29 is 19.7 Å². The van der Waals surface area contributed by atoms with Crippen LogP contribution in [-0.2, 0) is 4.79 Å². The number of carbonyl (C=O) groups is 1. The zero-order valence-corrected chi connectivity index (χ0v) is 10.5. The summed E-state index contributed by atoms with van der Waals surface area (Å²) in [6, 6.07) is 7.54. The first-order chi connectivity index (χ1) is 9.16. The van der Waals surface area contributed by atoms with Crippen LogP contribution < -0.4 is 4.74 Å². The fraction of sp³-hybridized carbons (Fsp3) is 0.500. The van der Waals surface area contributed by atoms with Crippen molar-refractivity contribution in [3.05, 3.63) is 29.8 Å². The summed E-state index contributed by atoms with van der Waals surface area (Å²) < 4.78 is 5.54. The first-order valence-corrected chi connectivity index (χ1v) is 6.53. The molecule has 2 heterocycles. The lowest BCUT2D eigenvalue weighted by Gasteiger charge is -2.28. The largest absolute Gasteiger partial charge is 0.493 e. The number of rotatable bonds is 1. The van der Waals surface area contributed by atoms with Crippen molar-refractivity contribution in [2.24, 2.45) is 0 Å². The number of β-amino-alcohol motifs (C(OH)–C–C–N with tert-alkyl or cyclic N) is 2. The molecule has 2 aliphatic rings. The number of likely N-dealkylation sites (tertiary alicyclic amines) is 1. The Morgan fingerprint density at radius 2 is 1.89 bits per heavy atom. The fourth-order valence-electron chi connectivity index (χ4n) is 2.77. The molecular formula is C14H17NO4. The molecule has 1 amide bonds. The minimum absolute atomic E-state index is 0.0358. The van der Waals surface area contributed by atoms with Crippen LogP contribution in [0.3, 0.4) is 0 Å². The van der Waals surface area contributed by atoms with Crippen molar-refractivity contribution in [1.29, 1.82) is 0 Å². The number of nitrogens with zero attached hydrogens (tertiary/aromatic N) is 1. The molecular weight excluding hydrogens is 246 g/mol. The zero-order chi connectivity index (χ0) is 13.4. The molecule has 1 aromatic carbocycles. The molecule has 0 bridgehead atoms. The van der Waals surface area contributed by atoms with E-state index >= 15 is 0 Å². The maximum Gasteiger partial charge on any atom is 0.230 e. The van der Waals surface area contributed by atoms with Crippen LogP contribution in [0.1, 0.15) is 17.9 Å². The summed E-state index contributed by atoms with van der Waals surface area (Å²) >= 11 is 0. The predicted octanol–water partition coefficient (Wildman–Crippen LogP) is 0.117. The fourth-order valence-corrected chi connectivity index (χ4v) is 2.77. The van der Waals surface area contributed by atoms with Crippen LogP contribution in [0.15, 0.2) is 24.3 Å². The third kappa shape index (κ3) is 2.19. The molecule has 3 atom stereocenters. The van der Waals surface area contributed by atoms with E-state index in [0.29, 0.717) is 13.0 Å².